The molecule has 0 fully saturated rings. The van der Waals surface area contributed by atoms with Crippen LogP contribution in [-0.4, -0.2) is 34.3 Å². The summed E-state index contributed by atoms with van der Waals surface area (Å²) >= 11 is 0. The van der Waals surface area contributed by atoms with Crippen molar-refractivity contribution < 1.29 is 14.3 Å². The van der Waals surface area contributed by atoms with Gasteiger partial charge < -0.3 is 9.64 Å². The molecule has 4 rings (SSSR count). The van der Waals surface area contributed by atoms with E-state index in [1.165, 1.54) is 4.68 Å². The molecule has 1 amide bonds. The Hall–Kier alpha value is -3.48. The second-order valence-electron chi connectivity index (χ2n) is 7.44. The van der Waals surface area contributed by atoms with E-state index in [2.05, 4.69) is 5.10 Å². The summed E-state index contributed by atoms with van der Waals surface area (Å²) < 4.78 is 6.62. The molecule has 1 aromatic heterocycles. The fraction of sp³-hybridized carbons (Fsp3) is 0.304. The third kappa shape index (κ3) is 3.47. The predicted molar refractivity (Wildman–Crippen MR) is 114 cm³/mol. The molecule has 0 spiro atoms. The van der Waals surface area contributed by atoms with Gasteiger partial charge in [-0.1, -0.05) is 43.3 Å². The first-order chi connectivity index (χ1) is 14.5. The molecule has 2 heterocycles. The van der Waals surface area contributed by atoms with E-state index in [1.54, 1.807) is 29.2 Å². The van der Waals surface area contributed by atoms with Crippen molar-refractivity contribution in [2.24, 2.45) is 0 Å². The smallest absolute Gasteiger partial charge is 0.359 e. The van der Waals surface area contributed by atoms with Crippen LogP contribution in [-0.2, 0) is 22.5 Å². The maximum atomic E-state index is 12.8. The van der Waals surface area contributed by atoms with E-state index in [9.17, 15) is 14.4 Å². The van der Waals surface area contributed by atoms with Crippen LogP contribution in [0.5, 0.6) is 0 Å². The molecule has 30 heavy (non-hydrogen) atoms. The molecule has 0 bridgehead atoms. The lowest BCUT2D eigenvalue weighted by atomic mass is 10.1. The number of hydrogen-bond donors (Lipinski definition) is 0. The Morgan fingerprint density at radius 2 is 1.80 bits per heavy atom. The number of ether oxygens (including phenoxy) is 1. The Labute approximate surface area is 173 Å². The van der Waals surface area contributed by atoms with Gasteiger partial charge in [0.1, 0.15) is 0 Å². The van der Waals surface area contributed by atoms with Crippen molar-refractivity contribution in [1.29, 1.82) is 0 Å². The lowest BCUT2D eigenvalue weighted by Gasteiger charge is -2.22. The molecular formula is C23H23N3O4. The summed E-state index contributed by atoms with van der Waals surface area (Å²) in [7, 11) is 0. The molecule has 154 valence electrons. The quantitative estimate of drug-likeness (QED) is 0.610. The van der Waals surface area contributed by atoms with Crippen LogP contribution >= 0.6 is 0 Å². The van der Waals surface area contributed by atoms with E-state index in [1.807, 2.05) is 38.1 Å². The molecule has 0 aliphatic carbocycles. The molecule has 0 N–H and O–H groups in total. The zero-order valence-corrected chi connectivity index (χ0v) is 17.0. The lowest BCUT2D eigenvalue weighted by Crippen LogP contribution is -2.39. The number of hydrogen-bond acceptors (Lipinski definition) is 5. The van der Waals surface area contributed by atoms with Gasteiger partial charge in [-0.2, -0.15) is 5.10 Å². The van der Waals surface area contributed by atoms with Crippen molar-refractivity contribution in [1.82, 2.24) is 9.78 Å². The molecule has 0 saturated heterocycles. The summed E-state index contributed by atoms with van der Waals surface area (Å²) in [6, 6.07) is 14.5. The summed E-state index contributed by atoms with van der Waals surface area (Å²) in [5.74, 6) is -1.00. The first-order valence-electron chi connectivity index (χ1n) is 10.1. The zero-order chi connectivity index (χ0) is 21.3. The lowest BCUT2D eigenvalue weighted by molar-refractivity contribution is -0.122. The Morgan fingerprint density at radius 1 is 1.10 bits per heavy atom. The fourth-order valence-corrected chi connectivity index (χ4v) is 3.96. The average molecular weight is 405 g/mol. The largest absolute Gasteiger partial charge is 0.451 e. The van der Waals surface area contributed by atoms with Gasteiger partial charge in [0.25, 0.3) is 11.5 Å². The predicted octanol–water partition coefficient (Wildman–Crippen LogP) is 2.94. The molecule has 1 aliphatic heterocycles. The minimum absolute atomic E-state index is 0.000911. The highest BCUT2D eigenvalue weighted by molar-refractivity contribution is 6.04. The number of aromatic nitrogens is 2. The van der Waals surface area contributed by atoms with Crippen LogP contribution in [0.15, 0.2) is 53.3 Å². The second-order valence-corrected chi connectivity index (χ2v) is 7.44. The summed E-state index contributed by atoms with van der Waals surface area (Å²) in [5.41, 5.74) is 1.75. The van der Waals surface area contributed by atoms with Crippen molar-refractivity contribution in [3.8, 4) is 0 Å². The number of rotatable bonds is 5. The van der Waals surface area contributed by atoms with Gasteiger partial charge in [-0.3, -0.25) is 9.59 Å². The zero-order valence-electron chi connectivity index (χ0n) is 17.0. The number of carbonyl (C=O) groups is 2. The molecule has 7 heteroatoms. The first kappa shape index (κ1) is 19.8. The fourth-order valence-electron chi connectivity index (χ4n) is 3.96. The molecule has 1 aliphatic rings. The number of para-hydroxylation sites is 1. The highest BCUT2D eigenvalue weighted by Gasteiger charge is 2.31. The van der Waals surface area contributed by atoms with Gasteiger partial charge in [0.05, 0.1) is 5.39 Å². The maximum absolute atomic E-state index is 12.8. The number of fused-ring (bicyclic) bond motifs is 2. The number of anilines is 1. The Bertz CT molecular complexity index is 1180. The standard InChI is InChI=1S/C23H23N3O4/c1-3-12-25-22(28)18-10-6-5-9-17(18)21(24-25)23(29)30-14-20(27)26-15(2)13-16-8-4-7-11-19(16)26/h4-11,15H,3,12-14H2,1-2H3. The number of esters is 1. The number of carbonyl (C=O) groups excluding carboxylic acids is 2. The average Bonchev–Trinajstić information content (AvgIpc) is 3.09. The van der Waals surface area contributed by atoms with Crippen LogP contribution in [0.3, 0.4) is 0 Å². The van der Waals surface area contributed by atoms with Gasteiger partial charge in [-0.15, -0.1) is 0 Å². The minimum atomic E-state index is -0.718. The van der Waals surface area contributed by atoms with E-state index >= 15 is 0 Å². The van der Waals surface area contributed by atoms with E-state index in [0.717, 1.165) is 17.7 Å². The molecule has 1 atom stereocenters. The van der Waals surface area contributed by atoms with Crippen LogP contribution in [0.25, 0.3) is 10.8 Å². The molecule has 7 nitrogen and oxygen atoms in total. The number of aryl methyl sites for hydroxylation is 1. The van der Waals surface area contributed by atoms with Gasteiger partial charge in [0.15, 0.2) is 12.3 Å². The van der Waals surface area contributed by atoms with Gasteiger partial charge in [-0.25, -0.2) is 9.48 Å². The topological polar surface area (TPSA) is 81.5 Å². The SMILES string of the molecule is CCCn1nc(C(=O)OCC(=O)N2c3ccccc3CC2C)c2ccccc2c1=O. The van der Waals surface area contributed by atoms with E-state index in [4.69, 9.17) is 4.74 Å². The van der Waals surface area contributed by atoms with Crippen molar-refractivity contribution in [3.63, 3.8) is 0 Å². The van der Waals surface area contributed by atoms with Crippen molar-refractivity contribution in [2.45, 2.75) is 39.3 Å². The molecule has 0 radical (unpaired) electrons. The first-order valence-corrected chi connectivity index (χ1v) is 10.1. The summed E-state index contributed by atoms with van der Waals surface area (Å²) in [4.78, 5) is 39.9. The summed E-state index contributed by atoms with van der Waals surface area (Å²) in [5, 5.41) is 5.05. The van der Waals surface area contributed by atoms with E-state index in [-0.39, 0.29) is 29.8 Å². The number of benzene rings is 2. The minimum Gasteiger partial charge on any atom is -0.451 e. The third-order valence-electron chi connectivity index (χ3n) is 5.30. The van der Waals surface area contributed by atoms with Crippen LogP contribution in [0, 0.1) is 0 Å². The molecule has 2 aromatic carbocycles. The van der Waals surface area contributed by atoms with Crippen LogP contribution in [0.1, 0.15) is 36.3 Å². The summed E-state index contributed by atoms with van der Waals surface area (Å²) in [6.45, 7) is 3.90. The van der Waals surface area contributed by atoms with Crippen molar-refractivity contribution >= 4 is 28.3 Å². The molecule has 0 saturated carbocycles. The Kier molecular flexibility index (Phi) is 5.35. The molecule has 1 unspecified atom stereocenters. The maximum Gasteiger partial charge on any atom is 0.359 e. The third-order valence-corrected chi connectivity index (χ3v) is 5.30. The van der Waals surface area contributed by atoms with Crippen molar-refractivity contribution in [3.05, 3.63) is 70.1 Å². The normalized spacial score (nSPS) is 15.3. The number of amides is 1. The van der Waals surface area contributed by atoms with Gasteiger partial charge >= 0.3 is 5.97 Å². The van der Waals surface area contributed by atoms with Crippen LogP contribution in [0.2, 0.25) is 0 Å². The molecular weight excluding hydrogens is 382 g/mol. The van der Waals surface area contributed by atoms with Gasteiger partial charge in [0, 0.05) is 23.7 Å². The number of nitrogens with zero attached hydrogens (tertiary/aromatic N) is 3. The molecule has 3 aromatic rings. The highest BCUT2D eigenvalue weighted by atomic mass is 16.5. The summed E-state index contributed by atoms with van der Waals surface area (Å²) in [6.07, 6.45) is 1.47. The van der Waals surface area contributed by atoms with E-state index < -0.39 is 5.97 Å². The van der Waals surface area contributed by atoms with Crippen LogP contribution < -0.4 is 10.5 Å². The van der Waals surface area contributed by atoms with Gasteiger partial charge in [-0.05, 0) is 37.5 Å². The van der Waals surface area contributed by atoms with Crippen molar-refractivity contribution in [2.75, 3.05) is 11.5 Å². The van der Waals surface area contributed by atoms with Gasteiger partial charge in [0.2, 0.25) is 0 Å². The second kappa shape index (κ2) is 8.10. The Morgan fingerprint density at radius 3 is 2.57 bits per heavy atom. The Balaban J connectivity index is 1.58. The highest BCUT2D eigenvalue weighted by Crippen LogP contribution is 2.31. The van der Waals surface area contributed by atoms with Crippen LogP contribution in [0.4, 0.5) is 5.69 Å². The monoisotopic (exact) mass is 405 g/mol. The van der Waals surface area contributed by atoms with E-state index in [0.29, 0.717) is 23.7 Å².